The average molecular weight is 491 g/mol. The van der Waals surface area contributed by atoms with Gasteiger partial charge in [-0.15, -0.1) is 0 Å². The Labute approximate surface area is 206 Å². The number of hydrogen-bond acceptors (Lipinski definition) is 6. The van der Waals surface area contributed by atoms with Crippen molar-refractivity contribution in [2.75, 3.05) is 6.61 Å². The number of hydrogen-bond donors (Lipinski definition) is 3. The first-order valence-corrected chi connectivity index (χ1v) is 12.7. The molecule has 0 saturated carbocycles. The molecule has 0 aromatic rings. The molecule has 0 radical (unpaired) electrons. The van der Waals surface area contributed by atoms with E-state index in [1.165, 1.54) is 0 Å². The number of ether oxygens (including phenoxy) is 1. The standard InChI is InChI=1S/C27H38O8/c1-2-3-4-5-6-10-13-19-17-21-20(26(33)35-27(21)34)15-18(12-9-7-8-11-14-28)16-22(24(29)30)23(19)25(31)32/h8,11,18-19,28H,2-7,9-10,12-17H2,1H3,(H,29,30)(H,31,32). The molecule has 2 atom stereocenters. The number of cyclic esters (lactones) is 2. The van der Waals surface area contributed by atoms with E-state index in [0.29, 0.717) is 32.1 Å². The largest absolute Gasteiger partial charge is 0.478 e. The van der Waals surface area contributed by atoms with E-state index in [2.05, 4.69) is 6.92 Å². The number of aliphatic hydroxyl groups is 1. The molecule has 0 saturated heterocycles. The Morgan fingerprint density at radius 1 is 0.857 bits per heavy atom. The fourth-order valence-electron chi connectivity index (χ4n) is 5.07. The van der Waals surface area contributed by atoms with Gasteiger partial charge in [-0.1, -0.05) is 57.6 Å². The van der Waals surface area contributed by atoms with E-state index in [-0.39, 0.29) is 54.1 Å². The number of unbranched alkanes of at least 4 members (excludes halogenated alkanes) is 6. The van der Waals surface area contributed by atoms with E-state index >= 15 is 0 Å². The van der Waals surface area contributed by atoms with Crippen LogP contribution in [-0.4, -0.2) is 45.8 Å². The molecule has 3 N–H and O–H groups in total. The molecule has 0 amide bonds. The van der Waals surface area contributed by atoms with Crippen LogP contribution < -0.4 is 0 Å². The quantitative estimate of drug-likeness (QED) is 0.138. The van der Waals surface area contributed by atoms with Gasteiger partial charge < -0.3 is 20.1 Å². The SMILES string of the molecule is CCCCCCCCC1CC2=C(CC(CCCC=CCO)CC(C(=O)O)=C1C(=O)O)C(=O)OC2=O. The summed E-state index contributed by atoms with van der Waals surface area (Å²) in [7, 11) is 0. The summed E-state index contributed by atoms with van der Waals surface area (Å²) in [6, 6.07) is 0. The number of aliphatic hydroxyl groups excluding tert-OH is 1. The average Bonchev–Trinajstić information content (AvgIpc) is 3.09. The maximum absolute atomic E-state index is 12.5. The Morgan fingerprint density at radius 3 is 2.14 bits per heavy atom. The first kappa shape index (κ1) is 28.5. The highest BCUT2D eigenvalue weighted by Gasteiger charge is 2.40. The van der Waals surface area contributed by atoms with Gasteiger partial charge in [0.25, 0.3) is 0 Å². The van der Waals surface area contributed by atoms with E-state index in [1.54, 1.807) is 6.08 Å². The summed E-state index contributed by atoms with van der Waals surface area (Å²) >= 11 is 0. The summed E-state index contributed by atoms with van der Waals surface area (Å²) in [5, 5.41) is 28.9. The van der Waals surface area contributed by atoms with Crippen LogP contribution >= 0.6 is 0 Å². The molecule has 8 nitrogen and oxygen atoms in total. The second-order valence-electron chi connectivity index (χ2n) is 9.45. The van der Waals surface area contributed by atoms with Gasteiger partial charge in [0.2, 0.25) is 0 Å². The van der Waals surface area contributed by atoms with Crippen LogP contribution in [0.4, 0.5) is 0 Å². The van der Waals surface area contributed by atoms with Crippen molar-refractivity contribution in [2.24, 2.45) is 11.8 Å². The molecule has 1 aliphatic heterocycles. The fraction of sp³-hybridized carbons (Fsp3) is 0.630. The van der Waals surface area contributed by atoms with E-state index in [4.69, 9.17) is 9.84 Å². The van der Waals surface area contributed by atoms with Crippen LogP contribution in [0.25, 0.3) is 0 Å². The highest BCUT2D eigenvalue weighted by molar-refractivity contribution is 6.12. The van der Waals surface area contributed by atoms with E-state index in [0.717, 1.165) is 32.1 Å². The molecular formula is C27H38O8. The molecule has 194 valence electrons. The van der Waals surface area contributed by atoms with Gasteiger partial charge in [0, 0.05) is 16.7 Å². The predicted octanol–water partition coefficient (Wildman–Crippen LogP) is 4.72. The first-order valence-electron chi connectivity index (χ1n) is 12.7. The minimum absolute atomic E-state index is 0.000756. The Kier molecular flexibility index (Phi) is 11.9. The Bertz CT molecular complexity index is 880. The highest BCUT2D eigenvalue weighted by Crippen LogP contribution is 2.40. The number of aliphatic carboxylic acids is 2. The molecule has 1 heterocycles. The van der Waals surface area contributed by atoms with Crippen molar-refractivity contribution in [1.29, 1.82) is 0 Å². The summed E-state index contributed by atoms with van der Waals surface area (Å²) in [5.74, 6) is -5.01. The van der Waals surface area contributed by atoms with E-state index < -0.39 is 29.8 Å². The van der Waals surface area contributed by atoms with E-state index in [9.17, 15) is 29.4 Å². The van der Waals surface area contributed by atoms with Crippen LogP contribution in [0, 0.1) is 11.8 Å². The maximum atomic E-state index is 12.5. The van der Waals surface area contributed by atoms with Gasteiger partial charge in [0.1, 0.15) is 0 Å². The zero-order valence-corrected chi connectivity index (χ0v) is 20.6. The summed E-state index contributed by atoms with van der Waals surface area (Å²) < 4.78 is 4.88. The number of rotatable bonds is 14. The summed E-state index contributed by atoms with van der Waals surface area (Å²) in [5.41, 5.74) is 0.167. The molecule has 35 heavy (non-hydrogen) atoms. The zero-order chi connectivity index (χ0) is 25.8. The van der Waals surface area contributed by atoms with Crippen molar-refractivity contribution in [3.63, 3.8) is 0 Å². The molecule has 2 aliphatic rings. The third kappa shape index (κ3) is 8.46. The third-order valence-corrected chi connectivity index (χ3v) is 6.86. The van der Waals surface area contributed by atoms with Crippen molar-refractivity contribution in [1.82, 2.24) is 0 Å². The van der Waals surface area contributed by atoms with Gasteiger partial charge in [0.05, 0.1) is 12.2 Å². The molecule has 1 aliphatic carbocycles. The minimum atomic E-state index is -1.29. The van der Waals surface area contributed by atoms with E-state index in [1.807, 2.05) is 6.08 Å². The van der Waals surface area contributed by atoms with Crippen LogP contribution in [0.5, 0.6) is 0 Å². The van der Waals surface area contributed by atoms with Gasteiger partial charge in [-0.05, 0) is 56.8 Å². The highest BCUT2D eigenvalue weighted by atomic mass is 16.6. The predicted molar refractivity (Wildman–Crippen MR) is 129 cm³/mol. The van der Waals surface area contributed by atoms with Gasteiger partial charge in [-0.25, -0.2) is 19.2 Å². The lowest BCUT2D eigenvalue weighted by molar-refractivity contribution is -0.151. The molecule has 0 aromatic heterocycles. The van der Waals surface area contributed by atoms with Crippen LogP contribution in [0.15, 0.2) is 34.4 Å². The van der Waals surface area contributed by atoms with Gasteiger partial charge in [0.15, 0.2) is 0 Å². The minimum Gasteiger partial charge on any atom is -0.478 e. The second-order valence-corrected chi connectivity index (χ2v) is 9.45. The molecular weight excluding hydrogens is 452 g/mol. The van der Waals surface area contributed by atoms with Crippen molar-refractivity contribution in [3.8, 4) is 0 Å². The number of carbonyl (C=O) groups is 4. The van der Waals surface area contributed by atoms with Crippen molar-refractivity contribution >= 4 is 23.9 Å². The van der Waals surface area contributed by atoms with Crippen molar-refractivity contribution in [3.05, 3.63) is 34.4 Å². The lowest BCUT2D eigenvalue weighted by Gasteiger charge is -2.21. The number of esters is 2. The maximum Gasteiger partial charge on any atom is 0.342 e. The van der Waals surface area contributed by atoms with Gasteiger partial charge >= 0.3 is 23.9 Å². The topological polar surface area (TPSA) is 138 Å². The van der Waals surface area contributed by atoms with Crippen molar-refractivity contribution in [2.45, 2.75) is 90.4 Å². The zero-order valence-electron chi connectivity index (χ0n) is 20.6. The third-order valence-electron chi connectivity index (χ3n) is 6.86. The lowest BCUT2D eigenvalue weighted by Crippen LogP contribution is -2.21. The second kappa shape index (κ2) is 14.6. The molecule has 2 unspecified atom stereocenters. The van der Waals surface area contributed by atoms with Crippen LogP contribution in [0.3, 0.4) is 0 Å². The van der Waals surface area contributed by atoms with Crippen molar-refractivity contribution < 1.29 is 39.2 Å². The molecule has 2 rings (SSSR count). The van der Waals surface area contributed by atoms with Gasteiger partial charge in [-0.3, -0.25) is 0 Å². The summed E-state index contributed by atoms with van der Waals surface area (Å²) in [4.78, 5) is 49.6. The summed E-state index contributed by atoms with van der Waals surface area (Å²) in [6.07, 6.45) is 11.9. The Balaban J connectivity index is 2.38. The number of carboxylic acids is 2. The monoisotopic (exact) mass is 490 g/mol. The van der Waals surface area contributed by atoms with Crippen LogP contribution in [0.1, 0.15) is 90.4 Å². The Hall–Kier alpha value is -2.74. The number of carboxylic acid groups (broad SMARTS) is 2. The number of carbonyl (C=O) groups excluding carboxylic acids is 2. The summed E-state index contributed by atoms with van der Waals surface area (Å²) in [6.45, 7) is 2.06. The fourth-order valence-corrected chi connectivity index (χ4v) is 5.07. The smallest absolute Gasteiger partial charge is 0.342 e. The normalized spacial score (nSPS) is 21.1. The van der Waals surface area contributed by atoms with Crippen LogP contribution in [0.2, 0.25) is 0 Å². The first-order chi connectivity index (χ1) is 16.8. The van der Waals surface area contributed by atoms with Crippen LogP contribution in [-0.2, 0) is 23.9 Å². The Morgan fingerprint density at radius 2 is 1.51 bits per heavy atom. The number of allylic oxidation sites excluding steroid dienone is 1. The van der Waals surface area contributed by atoms with Gasteiger partial charge in [-0.2, -0.15) is 0 Å². The molecule has 0 fully saturated rings. The lowest BCUT2D eigenvalue weighted by atomic mass is 9.83. The molecule has 8 heteroatoms. The molecule has 0 aromatic carbocycles. The molecule has 0 spiro atoms. The molecule has 0 bridgehead atoms.